The quantitative estimate of drug-likeness (QED) is 0.182. The van der Waals surface area contributed by atoms with E-state index in [1.54, 1.807) is 12.2 Å². The van der Waals surface area contributed by atoms with Crippen LogP contribution in [-0.2, 0) is 52.5 Å². The normalized spacial score (nSPS) is 26.4. The van der Waals surface area contributed by atoms with Gasteiger partial charge >= 0.3 is 35.8 Å². The maximum Gasteiger partial charge on any atom is 0.379 e. The van der Waals surface area contributed by atoms with Gasteiger partial charge in [-0.25, -0.2) is 19.2 Å². The Bertz CT molecular complexity index is 1100. The van der Waals surface area contributed by atoms with Gasteiger partial charge in [0, 0.05) is 18.2 Å². The number of carboxylic acid groups (broad SMARTS) is 1. The molecule has 0 spiro atoms. The third-order valence-electron chi connectivity index (χ3n) is 5.83. The summed E-state index contributed by atoms with van der Waals surface area (Å²) in [5.74, 6) is -10.5. The number of rotatable bonds is 11. The van der Waals surface area contributed by atoms with E-state index in [2.05, 4.69) is 19.7 Å². The highest BCUT2D eigenvalue weighted by Crippen LogP contribution is 2.48. The molecule has 36 heavy (non-hydrogen) atoms. The number of carbonyl (C=O) groups is 6. The molecule has 190 valence electrons. The fourth-order valence-electron chi connectivity index (χ4n) is 4.31. The zero-order valence-corrected chi connectivity index (χ0v) is 18.8. The molecule has 12 heteroatoms. The van der Waals surface area contributed by atoms with E-state index in [-0.39, 0.29) is 11.8 Å². The highest BCUT2D eigenvalue weighted by atomic mass is 16.7. The summed E-state index contributed by atoms with van der Waals surface area (Å²) in [7, 11) is 0. The van der Waals surface area contributed by atoms with Crippen molar-refractivity contribution in [3.8, 4) is 0 Å². The molecule has 0 amide bonds. The van der Waals surface area contributed by atoms with Crippen LogP contribution in [-0.4, -0.2) is 59.7 Å². The van der Waals surface area contributed by atoms with Crippen molar-refractivity contribution < 1.29 is 57.6 Å². The van der Waals surface area contributed by atoms with Crippen LogP contribution >= 0.6 is 0 Å². The topological polar surface area (TPSA) is 169 Å². The molecule has 3 rings (SSSR count). The first-order valence-corrected chi connectivity index (χ1v) is 10.7. The lowest BCUT2D eigenvalue weighted by Gasteiger charge is -2.26. The van der Waals surface area contributed by atoms with Crippen molar-refractivity contribution in [1.29, 1.82) is 0 Å². The first kappa shape index (κ1) is 26.1. The fourth-order valence-corrected chi connectivity index (χ4v) is 4.31. The van der Waals surface area contributed by atoms with E-state index in [4.69, 9.17) is 23.7 Å². The van der Waals surface area contributed by atoms with Crippen molar-refractivity contribution in [2.24, 2.45) is 23.7 Å². The average Bonchev–Trinajstić information content (AvgIpc) is 3.55. The van der Waals surface area contributed by atoms with Crippen molar-refractivity contribution >= 4 is 35.8 Å². The highest BCUT2D eigenvalue weighted by molar-refractivity contribution is 5.95. The smallest absolute Gasteiger partial charge is 0.379 e. The van der Waals surface area contributed by atoms with E-state index < -0.39 is 78.0 Å². The molecule has 1 saturated carbocycles. The highest BCUT2D eigenvalue weighted by Gasteiger charge is 2.53. The summed E-state index contributed by atoms with van der Waals surface area (Å²) in [5, 5.41) is 9.56. The van der Waals surface area contributed by atoms with Gasteiger partial charge in [-0.05, 0) is 18.3 Å². The summed E-state index contributed by atoms with van der Waals surface area (Å²) in [6.45, 7) is 8.97. The van der Waals surface area contributed by atoms with E-state index >= 15 is 0 Å². The zero-order chi connectivity index (χ0) is 26.6. The van der Waals surface area contributed by atoms with Gasteiger partial charge in [0.2, 0.25) is 11.9 Å². The standard InChI is InChI=1S/C24H22O12/c1-4-14(25)33-13(10-32-23(30)18-12-8-7-11(9-12)17(18)22(28)29)19-20(34-15(26)5-2)21(24(31)36-19)35-16(27)6-3/h4-8,11-13,17-19H,1-3,9-10H2,(H,28,29)/t11?,12?,13-,17?,18?,19+/m0/s1. The SMILES string of the molecule is C=CC(=O)OC1=C(OC(=O)C=C)[C@@H]([C@H](COC(=O)C2C3C=CC(C3)C2C(=O)O)OC(=O)C=C)OC1=O. The van der Waals surface area contributed by atoms with Gasteiger partial charge in [0.25, 0.3) is 5.76 Å². The van der Waals surface area contributed by atoms with Crippen LogP contribution in [0.3, 0.4) is 0 Å². The van der Waals surface area contributed by atoms with Gasteiger partial charge in [-0.15, -0.1) is 0 Å². The summed E-state index contributed by atoms with van der Waals surface area (Å²) in [5.41, 5.74) is 0. The molecule has 4 unspecified atom stereocenters. The first-order valence-electron chi connectivity index (χ1n) is 10.7. The largest absolute Gasteiger partial charge is 0.481 e. The molecule has 2 aliphatic carbocycles. The van der Waals surface area contributed by atoms with E-state index in [9.17, 15) is 33.9 Å². The summed E-state index contributed by atoms with van der Waals surface area (Å²) in [6.07, 6.45) is 2.98. The van der Waals surface area contributed by atoms with Crippen LogP contribution in [0.2, 0.25) is 0 Å². The van der Waals surface area contributed by atoms with Crippen LogP contribution in [0.15, 0.2) is 61.6 Å². The second-order valence-electron chi connectivity index (χ2n) is 7.92. The molecule has 0 radical (unpaired) electrons. The maximum atomic E-state index is 12.9. The second kappa shape index (κ2) is 10.8. The van der Waals surface area contributed by atoms with Gasteiger partial charge in [-0.1, -0.05) is 31.9 Å². The molecule has 1 aliphatic heterocycles. The molecule has 3 aliphatic rings. The Balaban J connectivity index is 1.86. The van der Waals surface area contributed by atoms with E-state index in [1.807, 2.05) is 0 Å². The minimum Gasteiger partial charge on any atom is -0.481 e. The van der Waals surface area contributed by atoms with Crippen molar-refractivity contribution in [2.45, 2.75) is 18.6 Å². The Morgan fingerprint density at radius 1 is 0.972 bits per heavy atom. The third kappa shape index (κ3) is 5.27. The molecule has 1 N–H and O–H groups in total. The Kier molecular flexibility index (Phi) is 7.87. The number of aliphatic carboxylic acids is 1. The number of esters is 5. The molecular formula is C24H22O12. The average molecular weight is 502 g/mol. The zero-order valence-electron chi connectivity index (χ0n) is 18.8. The molecular weight excluding hydrogens is 480 g/mol. The lowest BCUT2D eigenvalue weighted by Crippen LogP contribution is -2.40. The predicted octanol–water partition coefficient (Wildman–Crippen LogP) is 0.746. The fraction of sp³-hybridized carbons (Fsp3) is 0.333. The van der Waals surface area contributed by atoms with Gasteiger partial charge in [-0.3, -0.25) is 9.59 Å². The molecule has 0 saturated heterocycles. The molecule has 0 aromatic carbocycles. The van der Waals surface area contributed by atoms with Crippen LogP contribution in [0.4, 0.5) is 0 Å². The van der Waals surface area contributed by atoms with E-state index in [1.165, 1.54) is 0 Å². The van der Waals surface area contributed by atoms with Gasteiger partial charge in [-0.2, -0.15) is 0 Å². The number of hydrogen-bond acceptors (Lipinski definition) is 11. The monoisotopic (exact) mass is 502 g/mol. The van der Waals surface area contributed by atoms with Crippen LogP contribution in [0.5, 0.6) is 0 Å². The van der Waals surface area contributed by atoms with Gasteiger partial charge in [0.15, 0.2) is 6.10 Å². The number of allylic oxidation sites excluding steroid dienone is 2. The van der Waals surface area contributed by atoms with E-state index in [0.717, 1.165) is 18.2 Å². The summed E-state index contributed by atoms with van der Waals surface area (Å²) >= 11 is 0. The van der Waals surface area contributed by atoms with Crippen molar-refractivity contribution in [2.75, 3.05) is 6.61 Å². The molecule has 12 nitrogen and oxygen atoms in total. The van der Waals surface area contributed by atoms with Crippen molar-refractivity contribution in [3.05, 3.63) is 61.6 Å². The van der Waals surface area contributed by atoms with Crippen LogP contribution in [0.25, 0.3) is 0 Å². The Labute approximate surface area is 204 Å². The maximum absolute atomic E-state index is 12.9. The van der Waals surface area contributed by atoms with E-state index in [0.29, 0.717) is 6.42 Å². The van der Waals surface area contributed by atoms with Crippen molar-refractivity contribution in [1.82, 2.24) is 0 Å². The number of hydrogen-bond donors (Lipinski definition) is 1. The van der Waals surface area contributed by atoms with Gasteiger partial charge in [0.1, 0.15) is 6.61 Å². The molecule has 6 atom stereocenters. The molecule has 1 heterocycles. The predicted molar refractivity (Wildman–Crippen MR) is 116 cm³/mol. The van der Waals surface area contributed by atoms with Crippen LogP contribution in [0.1, 0.15) is 6.42 Å². The minimum atomic E-state index is -1.68. The summed E-state index contributed by atoms with van der Waals surface area (Å²) in [6, 6.07) is 0. The summed E-state index contributed by atoms with van der Waals surface area (Å²) in [4.78, 5) is 72.4. The molecule has 2 bridgehead atoms. The third-order valence-corrected chi connectivity index (χ3v) is 5.83. The number of fused-ring (bicyclic) bond motifs is 2. The Morgan fingerprint density at radius 2 is 1.56 bits per heavy atom. The van der Waals surface area contributed by atoms with Gasteiger partial charge < -0.3 is 28.8 Å². The number of carbonyl (C=O) groups excluding carboxylic acids is 5. The Hall–Kier alpha value is -4.48. The molecule has 1 fully saturated rings. The molecule has 0 aromatic rings. The lowest BCUT2D eigenvalue weighted by molar-refractivity contribution is -0.172. The summed E-state index contributed by atoms with van der Waals surface area (Å²) < 4.78 is 25.4. The van der Waals surface area contributed by atoms with Crippen LogP contribution in [0, 0.1) is 23.7 Å². The molecule has 0 aromatic heterocycles. The van der Waals surface area contributed by atoms with Crippen LogP contribution < -0.4 is 0 Å². The van der Waals surface area contributed by atoms with Crippen molar-refractivity contribution in [3.63, 3.8) is 0 Å². The minimum absolute atomic E-state index is 0.315. The number of cyclic esters (lactones) is 1. The number of carboxylic acids is 1. The lowest BCUT2D eigenvalue weighted by atomic mass is 9.83. The Morgan fingerprint density at radius 3 is 2.14 bits per heavy atom. The first-order chi connectivity index (χ1) is 17.1. The second-order valence-corrected chi connectivity index (χ2v) is 7.92. The number of ether oxygens (including phenoxy) is 5. The van der Waals surface area contributed by atoms with Gasteiger partial charge in [0.05, 0.1) is 11.8 Å².